The van der Waals surface area contributed by atoms with Gasteiger partial charge in [-0.3, -0.25) is 14.7 Å². The molecule has 2 aliphatic rings. The summed E-state index contributed by atoms with van der Waals surface area (Å²) in [5.74, 6) is -0.0940. The van der Waals surface area contributed by atoms with Crippen molar-refractivity contribution in [3.05, 3.63) is 51.4 Å². The minimum Gasteiger partial charge on any atom is -0.288 e. The highest BCUT2D eigenvalue weighted by Gasteiger charge is 2.32. The Kier molecular flexibility index (Phi) is 4.14. The van der Waals surface area contributed by atoms with E-state index in [-0.39, 0.29) is 19.0 Å². The number of carbonyl (C=O) groups is 1. The molecular formula is C20H19N3OS. The average Bonchev–Trinajstić information content (AvgIpc) is 2.94. The van der Waals surface area contributed by atoms with Crippen molar-refractivity contribution in [3.63, 3.8) is 0 Å². The fourth-order valence-electron chi connectivity index (χ4n) is 3.59. The van der Waals surface area contributed by atoms with Gasteiger partial charge in [0.1, 0.15) is 18.1 Å². The number of thiophene rings is 1. The molecule has 4 rings (SSSR count). The van der Waals surface area contributed by atoms with Crippen LogP contribution in [0.3, 0.4) is 0 Å². The fraction of sp³-hybridized carbons (Fsp3) is 0.350. The van der Waals surface area contributed by atoms with Gasteiger partial charge in [-0.05, 0) is 38.2 Å². The summed E-state index contributed by atoms with van der Waals surface area (Å²) in [6, 6.07) is 10.5. The highest BCUT2D eigenvalue weighted by Crippen LogP contribution is 2.42. The maximum Gasteiger partial charge on any atom is 0.250 e. The van der Waals surface area contributed by atoms with Gasteiger partial charge in [0.2, 0.25) is 5.91 Å². The van der Waals surface area contributed by atoms with Gasteiger partial charge in [0.05, 0.1) is 11.8 Å². The van der Waals surface area contributed by atoms with Gasteiger partial charge in [-0.25, -0.2) is 0 Å². The van der Waals surface area contributed by atoms with Crippen LogP contribution in [0.15, 0.2) is 29.3 Å². The van der Waals surface area contributed by atoms with E-state index >= 15 is 0 Å². The predicted molar refractivity (Wildman–Crippen MR) is 101 cm³/mol. The van der Waals surface area contributed by atoms with Gasteiger partial charge in [-0.15, -0.1) is 11.3 Å². The predicted octanol–water partition coefficient (Wildman–Crippen LogP) is 3.64. The van der Waals surface area contributed by atoms with E-state index in [4.69, 9.17) is 0 Å². The minimum absolute atomic E-state index is 0.0852. The average molecular weight is 349 g/mol. The zero-order valence-corrected chi connectivity index (χ0v) is 15.0. The summed E-state index contributed by atoms with van der Waals surface area (Å²) in [6.07, 6.45) is 4.45. The van der Waals surface area contributed by atoms with Gasteiger partial charge in [-0.1, -0.05) is 29.8 Å². The van der Waals surface area contributed by atoms with Crippen LogP contribution in [-0.4, -0.2) is 24.7 Å². The van der Waals surface area contributed by atoms with Crippen LogP contribution in [0.5, 0.6) is 0 Å². The van der Waals surface area contributed by atoms with Crippen molar-refractivity contribution in [1.29, 1.82) is 5.26 Å². The van der Waals surface area contributed by atoms with Crippen LogP contribution in [0.25, 0.3) is 0 Å². The zero-order chi connectivity index (χ0) is 17.4. The fourth-order valence-corrected chi connectivity index (χ4v) is 4.99. The Morgan fingerprint density at radius 2 is 2.00 bits per heavy atom. The topological polar surface area (TPSA) is 56.5 Å². The van der Waals surface area contributed by atoms with Crippen molar-refractivity contribution in [1.82, 2.24) is 0 Å². The van der Waals surface area contributed by atoms with Gasteiger partial charge in [0.25, 0.3) is 0 Å². The number of benzene rings is 1. The third-order valence-corrected chi connectivity index (χ3v) is 6.18. The second-order valence-corrected chi connectivity index (χ2v) is 7.64. The number of hydrogen-bond donors (Lipinski definition) is 0. The van der Waals surface area contributed by atoms with Crippen LogP contribution >= 0.6 is 11.3 Å². The number of rotatable bonds is 2. The molecule has 1 aromatic carbocycles. The molecule has 1 amide bonds. The maximum absolute atomic E-state index is 12.6. The summed E-state index contributed by atoms with van der Waals surface area (Å²) in [4.78, 5) is 20.2. The number of aryl methyl sites for hydroxylation is 2. The van der Waals surface area contributed by atoms with Gasteiger partial charge < -0.3 is 0 Å². The maximum atomic E-state index is 12.6. The largest absolute Gasteiger partial charge is 0.288 e. The summed E-state index contributed by atoms with van der Waals surface area (Å²) in [6.45, 7) is 2.25. The number of amides is 1. The first-order valence-electron chi connectivity index (χ1n) is 8.62. The summed E-state index contributed by atoms with van der Waals surface area (Å²) in [5.41, 5.74) is 5.58. The number of hydrogen-bond acceptors (Lipinski definition) is 4. The van der Waals surface area contributed by atoms with E-state index in [0.29, 0.717) is 0 Å². The Labute approximate surface area is 151 Å². The Balaban J connectivity index is 1.93. The number of aliphatic imine (C=N–C) groups is 1. The Bertz CT molecular complexity index is 902. The molecule has 0 saturated carbocycles. The standard InChI is InChI=1S/C20H19N3OS/c1-13-6-8-14(9-7-13)19-18-15-4-2-3-5-16(15)25-20(18)23(11-10-21)17(24)12-22-19/h6-9H,2-5,11-12H2,1H3. The van der Waals surface area contributed by atoms with E-state index < -0.39 is 0 Å². The lowest BCUT2D eigenvalue weighted by molar-refractivity contribution is -0.117. The molecule has 1 aliphatic carbocycles. The summed E-state index contributed by atoms with van der Waals surface area (Å²) in [7, 11) is 0. The second kappa shape index (κ2) is 6.45. The molecule has 0 radical (unpaired) electrons. The smallest absolute Gasteiger partial charge is 0.250 e. The van der Waals surface area contributed by atoms with E-state index in [9.17, 15) is 10.1 Å². The van der Waals surface area contributed by atoms with E-state index in [1.54, 1.807) is 16.2 Å². The number of carbonyl (C=O) groups excluding carboxylic acids is 1. The lowest BCUT2D eigenvalue weighted by Crippen LogP contribution is -2.32. The van der Waals surface area contributed by atoms with Crippen LogP contribution in [-0.2, 0) is 17.6 Å². The van der Waals surface area contributed by atoms with E-state index in [0.717, 1.165) is 34.7 Å². The molecule has 25 heavy (non-hydrogen) atoms. The van der Waals surface area contributed by atoms with Gasteiger partial charge >= 0.3 is 0 Å². The monoisotopic (exact) mass is 349 g/mol. The molecule has 0 atom stereocenters. The van der Waals surface area contributed by atoms with Crippen molar-refractivity contribution in [2.24, 2.45) is 4.99 Å². The summed E-state index contributed by atoms with van der Waals surface area (Å²) in [5, 5.41) is 10.1. The minimum atomic E-state index is -0.0940. The molecule has 1 aromatic heterocycles. The highest BCUT2D eigenvalue weighted by molar-refractivity contribution is 7.17. The first-order valence-corrected chi connectivity index (χ1v) is 9.44. The molecule has 0 saturated heterocycles. The SMILES string of the molecule is Cc1ccc(C2=NCC(=O)N(CC#N)c3sc4c(c32)CCCC4)cc1. The molecule has 0 N–H and O–H groups in total. The van der Waals surface area contributed by atoms with Crippen LogP contribution < -0.4 is 4.90 Å². The molecule has 0 spiro atoms. The lowest BCUT2D eigenvalue weighted by atomic mass is 9.91. The third kappa shape index (κ3) is 2.77. The molecule has 1 aliphatic heterocycles. The van der Waals surface area contributed by atoms with E-state index in [2.05, 4.69) is 42.3 Å². The van der Waals surface area contributed by atoms with Crippen molar-refractivity contribution in [2.75, 3.05) is 18.0 Å². The van der Waals surface area contributed by atoms with Crippen LogP contribution in [0.4, 0.5) is 5.00 Å². The second-order valence-electron chi connectivity index (χ2n) is 6.56. The third-order valence-electron chi connectivity index (χ3n) is 4.86. The highest BCUT2D eigenvalue weighted by atomic mass is 32.1. The number of nitriles is 1. The summed E-state index contributed by atoms with van der Waals surface area (Å²) < 4.78 is 0. The van der Waals surface area contributed by atoms with E-state index in [1.807, 2.05) is 0 Å². The van der Waals surface area contributed by atoms with Crippen LogP contribution in [0.1, 0.15) is 40.0 Å². The molecule has 0 fully saturated rings. The first kappa shape index (κ1) is 16.0. The molecule has 2 aromatic rings. The summed E-state index contributed by atoms with van der Waals surface area (Å²) >= 11 is 1.68. The van der Waals surface area contributed by atoms with Gasteiger partial charge in [0, 0.05) is 16.0 Å². The quantitative estimate of drug-likeness (QED) is 0.777. The molecule has 5 heteroatoms. The molecular weight excluding hydrogens is 330 g/mol. The van der Waals surface area contributed by atoms with Crippen molar-refractivity contribution >= 4 is 28.0 Å². The molecule has 126 valence electrons. The first-order chi connectivity index (χ1) is 12.2. The normalized spacial score (nSPS) is 16.6. The van der Waals surface area contributed by atoms with E-state index in [1.165, 1.54) is 28.8 Å². The van der Waals surface area contributed by atoms with Crippen LogP contribution in [0.2, 0.25) is 0 Å². The number of nitrogens with zero attached hydrogens (tertiary/aromatic N) is 3. The Morgan fingerprint density at radius 1 is 1.24 bits per heavy atom. The van der Waals surface area contributed by atoms with Crippen molar-refractivity contribution < 1.29 is 4.79 Å². The lowest BCUT2D eigenvalue weighted by Gasteiger charge is -2.17. The van der Waals surface area contributed by atoms with Crippen molar-refractivity contribution in [3.8, 4) is 6.07 Å². The molecule has 0 bridgehead atoms. The van der Waals surface area contributed by atoms with Gasteiger partial charge in [-0.2, -0.15) is 5.26 Å². The Morgan fingerprint density at radius 3 is 2.76 bits per heavy atom. The van der Waals surface area contributed by atoms with Crippen molar-refractivity contribution in [2.45, 2.75) is 32.6 Å². The number of anilines is 1. The zero-order valence-electron chi connectivity index (χ0n) is 14.2. The number of fused-ring (bicyclic) bond motifs is 3. The molecule has 0 unspecified atom stereocenters. The molecule has 2 heterocycles. The van der Waals surface area contributed by atoms with Gasteiger partial charge in [0.15, 0.2) is 0 Å². The molecule has 4 nitrogen and oxygen atoms in total. The van der Waals surface area contributed by atoms with Crippen LogP contribution in [0, 0.1) is 18.3 Å². The Hall–Kier alpha value is -2.45.